The zero-order valence-corrected chi connectivity index (χ0v) is 20.5. The average Bonchev–Trinajstić information content (AvgIpc) is 3.21. The lowest BCUT2D eigenvalue weighted by atomic mass is 9.80. The molecular weight excluding hydrogens is 445 g/mol. The number of aliphatic hydroxyl groups is 1. The number of rotatable bonds is 5. The fourth-order valence-electron chi connectivity index (χ4n) is 7.21. The number of halogens is 1. The van der Waals surface area contributed by atoms with Gasteiger partial charge in [0.1, 0.15) is 11.5 Å². The third kappa shape index (κ3) is 4.05. The van der Waals surface area contributed by atoms with E-state index in [0.717, 1.165) is 24.7 Å². The van der Waals surface area contributed by atoms with Crippen LogP contribution in [-0.4, -0.2) is 52.7 Å². The highest BCUT2D eigenvalue weighted by Gasteiger charge is 2.58. The molecule has 7 nitrogen and oxygen atoms in total. The van der Waals surface area contributed by atoms with Crippen molar-refractivity contribution >= 4 is 17.5 Å². The number of hydrogen-bond donors (Lipinski definition) is 2. The Kier molecular flexibility index (Phi) is 5.29. The first kappa shape index (κ1) is 22.7. The van der Waals surface area contributed by atoms with Gasteiger partial charge in [-0.15, -0.1) is 0 Å². The molecule has 0 radical (unpaired) electrons. The van der Waals surface area contributed by atoms with E-state index in [1.807, 2.05) is 4.90 Å². The van der Waals surface area contributed by atoms with Crippen molar-refractivity contribution in [3.05, 3.63) is 47.5 Å². The van der Waals surface area contributed by atoms with Gasteiger partial charge in [0.05, 0.1) is 11.3 Å². The highest BCUT2D eigenvalue weighted by Crippen LogP contribution is 2.60. The second-order valence-corrected chi connectivity index (χ2v) is 11.6. The predicted octanol–water partition coefficient (Wildman–Crippen LogP) is 3.48. The summed E-state index contributed by atoms with van der Waals surface area (Å²) < 4.78 is 14.8. The van der Waals surface area contributed by atoms with Crippen LogP contribution in [0.3, 0.4) is 0 Å². The second kappa shape index (κ2) is 8.15. The molecule has 4 bridgehead atoms. The molecule has 1 aromatic heterocycles. The van der Waals surface area contributed by atoms with Crippen LogP contribution in [0.5, 0.6) is 0 Å². The third-order valence-corrected chi connectivity index (χ3v) is 8.79. The van der Waals surface area contributed by atoms with Crippen LogP contribution in [0.15, 0.2) is 30.5 Å². The second-order valence-electron chi connectivity index (χ2n) is 11.6. The van der Waals surface area contributed by atoms with Gasteiger partial charge < -0.3 is 20.2 Å². The standard InChI is InChI=1S/C27H34FN5O2/c1-26(2,35)19-3-4-23(21(28)14-19)32-7-9-33(10-8-32)25-29-6-5-22(30-25)24(34)31-27-15-17-11-18(16-27)13-20(27)12-17/h3-6,14,17-18,20,35H,7-13,15-16H2,1-2H3,(H,31,34). The quantitative estimate of drug-likeness (QED) is 0.684. The van der Waals surface area contributed by atoms with Crippen molar-refractivity contribution in [2.24, 2.45) is 17.8 Å². The summed E-state index contributed by atoms with van der Waals surface area (Å²) in [4.78, 5) is 26.3. The number of nitrogens with zero attached hydrogens (tertiary/aromatic N) is 4. The molecule has 4 aliphatic carbocycles. The van der Waals surface area contributed by atoms with E-state index in [9.17, 15) is 14.3 Å². The number of nitrogens with one attached hydrogen (secondary N) is 1. The first-order valence-electron chi connectivity index (χ1n) is 12.9. The lowest BCUT2D eigenvalue weighted by molar-refractivity contribution is 0.0782. The highest BCUT2D eigenvalue weighted by atomic mass is 19.1. The molecule has 7 rings (SSSR count). The van der Waals surface area contributed by atoms with Crippen molar-refractivity contribution in [3.63, 3.8) is 0 Å². The van der Waals surface area contributed by atoms with Crippen molar-refractivity contribution in [2.75, 3.05) is 36.0 Å². The fourth-order valence-corrected chi connectivity index (χ4v) is 7.21. The number of carbonyl (C=O) groups is 1. The van der Waals surface area contributed by atoms with Gasteiger partial charge in [-0.25, -0.2) is 14.4 Å². The molecule has 186 valence electrons. The highest BCUT2D eigenvalue weighted by molar-refractivity contribution is 5.93. The Morgan fingerprint density at radius 2 is 1.77 bits per heavy atom. The van der Waals surface area contributed by atoms with Gasteiger partial charge in [0, 0.05) is 37.9 Å². The summed E-state index contributed by atoms with van der Waals surface area (Å²) in [5, 5.41) is 13.5. The van der Waals surface area contributed by atoms with Crippen LogP contribution < -0.4 is 15.1 Å². The normalized spacial score (nSPS) is 29.7. The first-order chi connectivity index (χ1) is 16.7. The minimum atomic E-state index is -1.08. The Hall–Kier alpha value is -2.74. The molecule has 2 N–H and O–H groups in total. The van der Waals surface area contributed by atoms with Gasteiger partial charge in [0.25, 0.3) is 5.91 Å². The monoisotopic (exact) mass is 479 g/mol. The van der Waals surface area contributed by atoms with Crippen LogP contribution in [0.4, 0.5) is 16.0 Å². The SMILES string of the molecule is CC(C)(O)c1ccc(N2CCN(c3nccc(C(=O)NC45CC6CC(CC4C6)C5)n3)CC2)c(F)c1. The van der Waals surface area contributed by atoms with Gasteiger partial charge in [-0.05, 0) is 87.5 Å². The Morgan fingerprint density at radius 3 is 2.43 bits per heavy atom. The topological polar surface area (TPSA) is 81.6 Å². The van der Waals surface area contributed by atoms with E-state index in [2.05, 4.69) is 20.2 Å². The maximum Gasteiger partial charge on any atom is 0.270 e. The molecule has 0 spiro atoms. The van der Waals surface area contributed by atoms with E-state index < -0.39 is 5.60 Å². The summed E-state index contributed by atoms with van der Waals surface area (Å²) in [6.45, 7) is 5.80. The molecule has 1 aliphatic heterocycles. The molecule has 1 aromatic carbocycles. The molecule has 5 fully saturated rings. The Balaban J connectivity index is 1.11. The van der Waals surface area contributed by atoms with Crippen molar-refractivity contribution < 1.29 is 14.3 Å². The van der Waals surface area contributed by atoms with Gasteiger partial charge in [-0.3, -0.25) is 4.79 Å². The van der Waals surface area contributed by atoms with Crippen molar-refractivity contribution in [1.29, 1.82) is 0 Å². The van der Waals surface area contributed by atoms with Gasteiger partial charge in [0.2, 0.25) is 5.95 Å². The third-order valence-electron chi connectivity index (χ3n) is 8.79. The minimum absolute atomic E-state index is 0.0216. The van der Waals surface area contributed by atoms with Gasteiger partial charge in [-0.2, -0.15) is 0 Å². The number of piperazine rings is 1. The van der Waals surface area contributed by atoms with Crippen LogP contribution in [0.1, 0.15) is 62.0 Å². The van der Waals surface area contributed by atoms with Crippen LogP contribution in [0, 0.1) is 23.6 Å². The van der Waals surface area contributed by atoms with Crippen LogP contribution >= 0.6 is 0 Å². The lowest BCUT2D eigenvalue weighted by Gasteiger charge is -2.36. The molecule has 2 unspecified atom stereocenters. The molecular formula is C27H34FN5O2. The lowest BCUT2D eigenvalue weighted by Crippen LogP contribution is -2.50. The summed E-state index contributed by atoms with van der Waals surface area (Å²) in [5.41, 5.74) is 0.409. The Labute approximate surface area is 205 Å². The van der Waals surface area contributed by atoms with Gasteiger partial charge in [-0.1, -0.05) is 6.07 Å². The molecule has 35 heavy (non-hydrogen) atoms. The fraction of sp³-hybridized carbons (Fsp3) is 0.593. The van der Waals surface area contributed by atoms with E-state index in [1.165, 1.54) is 25.3 Å². The van der Waals surface area contributed by atoms with Gasteiger partial charge >= 0.3 is 0 Å². The molecule has 4 saturated carbocycles. The molecule has 5 aliphatic rings. The Bertz CT molecular complexity index is 1130. The first-order valence-corrected chi connectivity index (χ1v) is 12.9. The van der Waals surface area contributed by atoms with Gasteiger partial charge in [0.15, 0.2) is 0 Å². The van der Waals surface area contributed by atoms with E-state index in [1.54, 1.807) is 38.2 Å². The average molecular weight is 480 g/mol. The van der Waals surface area contributed by atoms with E-state index >= 15 is 0 Å². The van der Waals surface area contributed by atoms with E-state index in [-0.39, 0.29) is 17.3 Å². The number of aromatic nitrogens is 2. The van der Waals surface area contributed by atoms with Crippen LogP contribution in [0.25, 0.3) is 0 Å². The van der Waals surface area contributed by atoms with Crippen LogP contribution in [-0.2, 0) is 5.60 Å². The molecule has 8 heteroatoms. The van der Waals surface area contributed by atoms with Crippen LogP contribution in [0.2, 0.25) is 0 Å². The van der Waals surface area contributed by atoms with Crippen molar-refractivity contribution in [2.45, 2.75) is 57.1 Å². The number of benzene rings is 1. The number of hydrogen-bond acceptors (Lipinski definition) is 6. The summed E-state index contributed by atoms with van der Waals surface area (Å²) in [6, 6.07) is 6.63. The molecule has 2 aromatic rings. The van der Waals surface area contributed by atoms with Crippen molar-refractivity contribution in [1.82, 2.24) is 15.3 Å². The Morgan fingerprint density at radius 1 is 1.09 bits per heavy atom. The predicted molar refractivity (Wildman–Crippen MR) is 132 cm³/mol. The molecule has 1 amide bonds. The molecule has 1 saturated heterocycles. The smallest absolute Gasteiger partial charge is 0.270 e. The summed E-state index contributed by atoms with van der Waals surface area (Å²) >= 11 is 0. The largest absolute Gasteiger partial charge is 0.386 e. The van der Waals surface area contributed by atoms with E-state index in [4.69, 9.17) is 0 Å². The summed E-state index contributed by atoms with van der Waals surface area (Å²) in [5.74, 6) is 2.31. The molecule has 2 heterocycles. The zero-order valence-electron chi connectivity index (χ0n) is 20.5. The summed E-state index contributed by atoms with van der Waals surface area (Å²) in [6.07, 6.45) is 7.76. The number of anilines is 2. The number of carbonyl (C=O) groups excluding carboxylic acids is 1. The maximum absolute atomic E-state index is 14.8. The van der Waals surface area contributed by atoms with E-state index in [0.29, 0.717) is 55.0 Å². The maximum atomic E-state index is 14.8. The summed E-state index contributed by atoms with van der Waals surface area (Å²) in [7, 11) is 0. The molecule has 2 atom stereocenters. The zero-order chi connectivity index (χ0) is 24.4. The number of amides is 1. The van der Waals surface area contributed by atoms with Crippen molar-refractivity contribution in [3.8, 4) is 0 Å². The minimum Gasteiger partial charge on any atom is -0.386 e.